The second-order valence-electron chi connectivity index (χ2n) is 7.01. The van der Waals surface area contributed by atoms with Gasteiger partial charge < -0.3 is 9.47 Å². The van der Waals surface area contributed by atoms with Crippen LogP contribution in [0.5, 0.6) is 0 Å². The predicted octanol–water partition coefficient (Wildman–Crippen LogP) is 2.68. The minimum atomic E-state index is 0.441. The van der Waals surface area contributed by atoms with Crippen LogP contribution in [0.4, 0.5) is 0 Å². The van der Waals surface area contributed by atoms with Crippen LogP contribution in [0.15, 0.2) is 18.3 Å². The SMILES string of the molecule is CN1CCCCC1c1nc2cccnc2n1CCN1CCCC1. The molecule has 2 aliphatic heterocycles. The van der Waals surface area contributed by atoms with E-state index >= 15 is 0 Å². The molecule has 4 rings (SSSR count). The van der Waals surface area contributed by atoms with E-state index in [4.69, 9.17) is 4.98 Å². The molecule has 1 atom stereocenters. The van der Waals surface area contributed by atoms with Crippen LogP contribution in [0.1, 0.15) is 44.0 Å². The molecule has 0 N–H and O–H groups in total. The van der Waals surface area contributed by atoms with Crippen LogP contribution in [0.25, 0.3) is 11.2 Å². The maximum absolute atomic E-state index is 4.97. The van der Waals surface area contributed by atoms with Crippen molar-refractivity contribution in [1.82, 2.24) is 24.3 Å². The summed E-state index contributed by atoms with van der Waals surface area (Å²) in [7, 11) is 2.24. The fourth-order valence-corrected chi connectivity index (χ4v) is 4.10. The Labute approximate surface area is 138 Å². The van der Waals surface area contributed by atoms with Crippen LogP contribution in [0.3, 0.4) is 0 Å². The first-order chi connectivity index (χ1) is 11.3. The van der Waals surface area contributed by atoms with Crippen molar-refractivity contribution in [3.63, 3.8) is 0 Å². The van der Waals surface area contributed by atoms with Gasteiger partial charge in [0.05, 0.1) is 6.04 Å². The van der Waals surface area contributed by atoms with E-state index in [0.717, 1.165) is 24.3 Å². The van der Waals surface area contributed by atoms with Crippen molar-refractivity contribution >= 4 is 11.2 Å². The standard InChI is InChI=1S/C18H27N5/c1-21-10-3-2-8-16(21)18-20-15-7-6-9-19-17(15)23(18)14-13-22-11-4-5-12-22/h6-7,9,16H,2-5,8,10-14H2,1H3. The van der Waals surface area contributed by atoms with Gasteiger partial charge in [0.15, 0.2) is 5.65 Å². The number of likely N-dealkylation sites (tertiary alicyclic amines) is 2. The second kappa shape index (κ2) is 6.57. The lowest BCUT2D eigenvalue weighted by Gasteiger charge is -2.32. The molecule has 5 nitrogen and oxygen atoms in total. The number of aromatic nitrogens is 3. The Balaban J connectivity index is 1.65. The van der Waals surface area contributed by atoms with Crippen LogP contribution in [0, 0.1) is 0 Å². The maximum atomic E-state index is 4.97. The van der Waals surface area contributed by atoms with Gasteiger partial charge in [0.2, 0.25) is 0 Å². The van der Waals surface area contributed by atoms with Crippen LogP contribution >= 0.6 is 0 Å². The molecule has 2 saturated heterocycles. The second-order valence-corrected chi connectivity index (χ2v) is 7.01. The van der Waals surface area contributed by atoms with E-state index in [1.165, 1.54) is 57.6 Å². The predicted molar refractivity (Wildman–Crippen MR) is 92.4 cm³/mol. The zero-order valence-corrected chi connectivity index (χ0v) is 14.1. The van der Waals surface area contributed by atoms with Gasteiger partial charge in [-0.15, -0.1) is 0 Å². The average Bonchev–Trinajstić information content (AvgIpc) is 3.21. The Morgan fingerprint density at radius 1 is 1.09 bits per heavy atom. The lowest BCUT2D eigenvalue weighted by molar-refractivity contribution is 0.174. The highest BCUT2D eigenvalue weighted by Crippen LogP contribution is 2.30. The van der Waals surface area contributed by atoms with E-state index in [1.54, 1.807) is 0 Å². The summed E-state index contributed by atoms with van der Waals surface area (Å²) < 4.78 is 2.39. The molecule has 4 heterocycles. The largest absolute Gasteiger partial charge is 0.310 e. The Bertz CT molecular complexity index is 658. The Hall–Kier alpha value is -1.46. The Morgan fingerprint density at radius 2 is 1.91 bits per heavy atom. The summed E-state index contributed by atoms with van der Waals surface area (Å²) in [5.41, 5.74) is 2.10. The summed E-state index contributed by atoms with van der Waals surface area (Å²) in [6, 6.07) is 4.53. The summed E-state index contributed by atoms with van der Waals surface area (Å²) in [6.45, 7) is 5.80. The van der Waals surface area contributed by atoms with Crippen molar-refractivity contribution < 1.29 is 0 Å². The fraction of sp³-hybridized carbons (Fsp3) is 0.667. The summed E-state index contributed by atoms with van der Waals surface area (Å²) in [4.78, 5) is 14.6. The molecule has 0 amide bonds. The van der Waals surface area contributed by atoms with E-state index in [2.05, 4.69) is 32.5 Å². The number of rotatable bonds is 4. The molecule has 2 aromatic heterocycles. The van der Waals surface area contributed by atoms with Gasteiger partial charge in [-0.2, -0.15) is 0 Å². The van der Waals surface area contributed by atoms with Crippen LogP contribution < -0.4 is 0 Å². The zero-order valence-electron chi connectivity index (χ0n) is 14.1. The quantitative estimate of drug-likeness (QED) is 0.870. The van der Waals surface area contributed by atoms with E-state index in [1.807, 2.05) is 12.3 Å². The third-order valence-electron chi connectivity index (χ3n) is 5.44. The minimum Gasteiger partial charge on any atom is -0.310 e. The number of pyridine rings is 1. The highest BCUT2D eigenvalue weighted by Gasteiger charge is 2.27. The van der Waals surface area contributed by atoms with Crippen LogP contribution in [0.2, 0.25) is 0 Å². The van der Waals surface area contributed by atoms with Crippen molar-refractivity contribution in [3.8, 4) is 0 Å². The monoisotopic (exact) mass is 313 g/mol. The number of hydrogen-bond acceptors (Lipinski definition) is 4. The van der Waals surface area contributed by atoms with E-state index < -0.39 is 0 Å². The van der Waals surface area contributed by atoms with Crippen molar-refractivity contribution in [2.24, 2.45) is 0 Å². The molecule has 124 valence electrons. The Kier molecular flexibility index (Phi) is 4.31. The smallest absolute Gasteiger partial charge is 0.160 e. The Morgan fingerprint density at radius 3 is 2.74 bits per heavy atom. The molecule has 2 aromatic rings. The number of fused-ring (bicyclic) bond motifs is 1. The molecule has 0 aliphatic carbocycles. The van der Waals surface area contributed by atoms with Gasteiger partial charge in [0.1, 0.15) is 11.3 Å². The highest BCUT2D eigenvalue weighted by molar-refractivity contribution is 5.71. The molecular formula is C18H27N5. The molecule has 23 heavy (non-hydrogen) atoms. The molecule has 5 heteroatoms. The van der Waals surface area contributed by atoms with E-state index in [0.29, 0.717) is 6.04 Å². The number of nitrogens with zero attached hydrogens (tertiary/aromatic N) is 5. The fourth-order valence-electron chi connectivity index (χ4n) is 4.10. The third kappa shape index (κ3) is 3.00. The average molecular weight is 313 g/mol. The van der Waals surface area contributed by atoms with Crippen molar-refractivity contribution in [3.05, 3.63) is 24.2 Å². The van der Waals surface area contributed by atoms with Gasteiger partial charge in [0, 0.05) is 19.3 Å². The lowest BCUT2D eigenvalue weighted by atomic mass is 10.0. The van der Waals surface area contributed by atoms with E-state index in [-0.39, 0.29) is 0 Å². The molecule has 0 bridgehead atoms. The molecule has 1 unspecified atom stereocenters. The normalized spacial score (nSPS) is 23.8. The number of piperidine rings is 1. The van der Waals surface area contributed by atoms with Gasteiger partial charge in [-0.3, -0.25) is 4.90 Å². The van der Waals surface area contributed by atoms with Gasteiger partial charge in [-0.25, -0.2) is 9.97 Å². The summed E-state index contributed by atoms with van der Waals surface area (Å²) in [6.07, 6.45) is 8.41. The maximum Gasteiger partial charge on any atom is 0.160 e. The molecule has 0 aromatic carbocycles. The number of imidazole rings is 1. The van der Waals surface area contributed by atoms with Crippen molar-refractivity contribution in [2.75, 3.05) is 33.2 Å². The minimum absolute atomic E-state index is 0.441. The lowest BCUT2D eigenvalue weighted by Crippen LogP contribution is -2.32. The van der Waals surface area contributed by atoms with Gasteiger partial charge in [-0.05, 0) is 64.5 Å². The van der Waals surface area contributed by atoms with E-state index in [9.17, 15) is 0 Å². The molecular weight excluding hydrogens is 286 g/mol. The summed E-state index contributed by atoms with van der Waals surface area (Å²) in [5, 5.41) is 0. The van der Waals surface area contributed by atoms with Crippen LogP contribution in [-0.4, -0.2) is 57.6 Å². The topological polar surface area (TPSA) is 37.2 Å². The molecule has 2 aliphatic rings. The first kappa shape index (κ1) is 15.1. The summed E-state index contributed by atoms with van der Waals surface area (Å²) >= 11 is 0. The summed E-state index contributed by atoms with van der Waals surface area (Å²) in [5.74, 6) is 1.22. The first-order valence-electron chi connectivity index (χ1n) is 9.07. The zero-order chi connectivity index (χ0) is 15.6. The van der Waals surface area contributed by atoms with Crippen LogP contribution in [-0.2, 0) is 6.54 Å². The highest BCUT2D eigenvalue weighted by atomic mass is 15.2. The molecule has 0 radical (unpaired) electrons. The molecule has 2 fully saturated rings. The number of hydrogen-bond donors (Lipinski definition) is 0. The van der Waals surface area contributed by atoms with Gasteiger partial charge >= 0.3 is 0 Å². The molecule has 0 spiro atoms. The third-order valence-corrected chi connectivity index (χ3v) is 5.44. The van der Waals surface area contributed by atoms with Crippen molar-refractivity contribution in [2.45, 2.75) is 44.7 Å². The van der Waals surface area contributed by atoms with Gasteiger partial charge in [0.25, 0.3) is 0 Å². The first-order valence-corrected chi connectivity index (χ1v) is 9.07. The molecule has 0 saturated carbocycles. The van der Waals surface area contributed by atoms with Gasteiger partial charge in [-0.1, -0.05) is 6.42 Å². The van der Waals surface area contributed by atoms with Crippen molar-refractivity contribution in [1.29, 1.82) is 0 Å².